The Balaban J connectivity index is 1.60. The number of carbonyl (C=O) groups is 2. The highest BCUT2D eigenvalue weighted by Gasteiger charge is 2.16. The molecule has 3 aromatic carbocycles. The highest BCUT2D eigenvalue weighted by molar-refractivity contribution is 6.01. The molecule has 0 saturated heterocycles. The number of nitrogens with one attached hydrogen (secondary N) is 2. The zero-order chi connectivity index (χ0) is 22.9. The predicted molar refractivity (Wildman–Crippen MR) is 124 cm³/mol. The van der Waals surface area contributed by atoms with Gasteiger partial charge in [0.25, 0.3) is 5.91 Å². The summed E-state index contributed by atoms with van der Waals surface area (Å²) >= 11 is 0. The van der Waals surface area contributed by atoms with Crippen LogP contribution in [0.3, 0.4) is 0 Å². The van der Waals surface area contributed by atoms with E-state index in [1.807, 2.05) is 31.2 Å². The van der Waals surface area contributed by atoms with Crippen LogP contribution in [0.2, 0.25) is 0 Å². The maximum atomic E-state index is 13.4. The second-order valence-corrected chi connectivity index (χ2v) is 7.26. The number of nitrogens with zero attached hydrogens (tertiary/aromatic N) is 1. The molecule has 0 aliphatic carbocycles. The van der Waals surface area contributed by atoms with Gasteiger partial charge in [-0.1, -0.05) is 17.7 Å². The Morgan fingerprint density at radius 1 is 0.938 bits per heavy atom. The molecular weight excluding hydrogens is 409 g/mol. The number of urea groups is 1. The molecule has 0 spiro atoms. The first kappa shape index (κ1) is 22.8. The summed E-state index contributed by atoms with van der Waals surface area (Å²) in [5.41, 5.74) is 2.85. The minimum Gasteiger partial charge on any atom is -0.497 e. The van der Waals surface area contributed by atoms with Gasteiger partial charge in [0.15, 0.2) is 0 Å². The van der Waals surface area contributed by atoms with E-state index in [-0.39, 0.29) is 17.8 Å². The molecule has 0 fully saturated rings. The van der Waals surface area contributed by atoms with Gasteiger partial charge in [-0.3, -0.25) is 9.69 Å². The van der Waals surface area contributed by atoms with Crippen LogP contribution in [0, 0.1) is 12.7 Å². The van der Waals surface area contributed by atoms with E-state index in [1.165, 1.54) is 17.0 Å². The lowest BCUT2D eigenvalue weighted by molar-refractivity contribution is 0.0953. The van der Waals surface area contributed by atoms with E-state index in [0.717, 1.165) is 5.56 Å². The number of amides is 3. The Morgan fingerprint density at radius 3 is 2.22 bits per heavy atom. The summed E-state index contributed by atoms with van der Waals surface area (Å²) in [5.74, 6) is 0.0977. The zero-order valence-corrected chi connectivity index (χ0v) is 18.1. The van der Waals surface area contributed by atoms with Gasteiger partial charge in [-0.05, 0) is 74.0 Å². The van der Waals surface area contributed by atoms with Gasteiger partial charge in [0.2, 0.25) is 0 Å². The van der Waals surface area contributed by atoms with Crippen molar-refractivity contribution in [3.05, 3.63) is 89.7 Å². The van der Waals surface area contributed by atoms with Crippen molar-refractivity contribution in [1.82, 2.24) is 5.32 Å². The molecule has 0 saturated carbocycles. The van der Waals surface area contributed by atoms with E-state index in [1.54, 1.807) is 43.5 Å². The fourth-order valence-corrected chi connectivity index (χ4v) is 3.08. The topological polar surface area (TPSA) is 70.7 Å². The first-order chi connectivity index (χ1) is 15.5. The second kappa shape index (κ2) is 10.9. The minimum absolute atomic E-state index is 0.204. The largest absolute Gasteiger partial charge is 0.497 e. The number of ether oxygens (including phenoxy) is 1. The zero-order valence-electron chi connectivity index (χ0n) is 18.1. The van der Waals surface area contributed by atoms with Gasteiger partial charge < -0.3 is 15.4 Å². The molecule has 3 rings (SSSR count). The van der Waals surface area contributed by atoms with Crippen molar-refractivity contribution >= 4 is 23.3 Å². The van der Waals surface area contributed by atoms with Crippen LogP contribution in [0.1, 0.15) is 22.3 Å². The molecule has 0 aliphatic rings. The molecule has 0 aromatic heterocycles. The number of anilines is 2. The lowest BCUT2D eigenvalue weighted by Gasteiger charge is -2.23. The van der Waals surface area contributed by atoms with E-state index in [4.69, 9.17) is 4.74 Å². The number of methoxy groups -OCH3 is 1. The standard InChI is InChI=1S/C25H26FN3O3/c1-18-4-10-21(11-5-18)28-25(31)29(22-12-8-20(26)9-13-22)17-3-16-27-24(30)19-6-14-23(32-2)15-7-19/h4-15H,3,16-17H2,1-2H3,(H,27,30)(H,28,31). The van der Waals surface area contributed by atoms with Crippen molar-refractivity contribution in [1.29, 1.82) is 0 Å². The van der Waals surface area contributed by atoms with Crippen LogP contribution < -0.4 is 20.3 Å². The molecule has 32 heavy (non-hydrogen) atoms. The van der Waals surface area contributed by atoms with Crippen molar-refractivity contribution in [2.45, 2.75) is 13.3 Å². The van der Waals surface area contributed by atoms with Gasteiger partial charge >= 0.3 is 6.03 Å². The molecule has 0 aliphatic heterocycles. The summed E-state index contributed by atoms with van der Waals surface area (Å²) in [5, 5.41) is 5.71. The minimum atomic E-state index is -0.376. The number of rotatable bonds is 8. The normalized spacial score (nSPS) is 10.3. The molecule has 3 aromatic rings. The summed E-state index contributed by atoms with van der Waals surface area (Å²) in [6.07, 6.45) is 0.514. The Morgan fingerprint density at radius 2 is 1.59 bits per heavy atom. The van der Waals surface area contributed by atoms with Crippen LogP contribution >= 0.6 is 0 Å². The molecule has 6 nitrogen and oxygen atoms in total. The Kier molecular flexibility index (Phi) is 7.80. The van der Waals surface area contributed by atoms with Gasteiger partial charge in [0.1, 0.15) is 11.6 Å². The third kappa shape index (κ3) is 6.31. The lowest BCUT2D eigenvalue weighted by atomic mass is 10.2. The monoisotopic (exact) mass is 435 g/mol. The fraction of sp³-hybridized carbons (Fsp3) is 0.200. The third-order valence-electron chi connectivity index (χ3n) is 4.88. The molecule has 2 N–H and O–H groups in total. The summed E-state index contributed by atoms with van der Waals surface area (Å²) in [6, 6.07) is 19.7. The fourth-order valence-electron chi connectivity index (χ4n) is 3.08. The summed E-state index contributed by atoms with van der Waals surface area (Å²) in [6.45, 7) is 2.68. The van der Waals surface area contributed by atoms with E-state index in [9.17, 15) is 14.0 Å². The predicted octanol–water partition coefficient (Wildman–Crippen LogP) is 5.00. The van der Waals surface area contributed by atoms with E-state index < -0.39 is 0 Å². The maximum Gasteiger partial charge on any atom is 0.326 e. The number of carbonyl (C=O) groups excluding carboxylic acids is 2. The highest BCUT2D eigenvalue weighted by Crippen LogP contribution is 2.18. The van der Waals surface area contributed by atoms with Crippen molar-refractivity contribution < 1.29 is 18.7 Å². The molecule has 7 heteroatoms. The quantitative estimate of drug-likeness (QED) is 0.489. The first-order valence-electron chi connectivity index (χ1n) is 10.3. The number of hydrogen-bond acceptors (Lipinski definition) is 3. The third-order valence-corrected chi connectivity index (χ3v) is 4.88. The maximum absolute atomic E-state index is 13.4. The van der Waals surface area contributed by atoms with Gasteiger partial charge in [0, 0.05) is 30.0 Å². The van der Waals surface area contributed by atoms with Crippen LogP contribution in [0.4, 0.5) is 20.6 Å². The highest BCUT2D eigenvalue weighted by atomic mass is 19.1. The second-order valence-electron chi connectivity index (χ2n) is 7.26. The number of hydrogen-bond donors (Lipinski definition) is 2. The number of benzene rings is 3. The summed E-state index contributed by atoms with van der Waals surface area (Å²) in [7, 11) is 1.57. The molecule has 0 bridgehead atoms. The van der Waals surface area contributed by atoms with Crippen LogP contribution in [0.15, 0.2) is 72.8 Å². The van der Waals surface area contributed by atoms with E-state index >= 15 is 0 Å². The molecule has 3 amide bonds. The summed E-state index contributed by atoms with van der Waals surface area (Å²) < 4.78 is 18.5. The van der Waals surface area contributed by atoms with Crippen molar-refractivity contribution in [2.24, 2.45) is 0 Å². The first-order valence-corrected chi connectivity index (χ1v) is 10.3. The average Bonchev–Trinajstić information content (AvgIpc) is 2.81. The Labute approximate surface area is 187 Å². The van der Waals surface area contributed by atoms with E-state index in [0.29, 0.717) is 42.2 Å². The Bertz CT molecular complexity index is 1040. The van der Waals surface area contributed by atoms with Crippen molar-refractivity contribution in [3.8, 4) is 5.75 Å². The van der Waals surface area contributed by atoms with Gasteiger partial charge in [-0.25, -0.2) is 9.18 Å². The van der Waals surface area contributed by atoms with Gasteiger partial charge in [0.05, 0.1) is 7.11 Å². The van der Waals surface area contributed by atoms with Crippen LogP contribution in [-0.4, -0.2) is 32.1 Å². The van der Waals surface area contributed by atoms with Crippen molar-refractivity contribution in [3.63, 3.8) is 0 Å². The Hall–Kier alpha value is -3.87. The number of aryl methyl sites for hydroxylation is 1. The molecular formula is C25H26FN3O3. The summed E-state index contributed by atoms with van der Waals surface area (Å²) in [4.78, 5) is 26.8. The smallest absolute Gasteiger partial charge is 0.326 e. The van der Waals surface area contributed by atoms with Gasteiger partial charge in [-0.15, -0.1) is 0 Å². The van der Waals surface area contributed by atoms with Crippen LogP contribution in [-0.2, 0) is 0 Å². The number of halogens is 1. The van der Waals surface area contributed by atoms with Crippen molar-refractivity contribution in [2.75, 3.05) is 30.4 Å². The van der Waals surface area contributed by atoms with E-state index in [2.05, 4.69) is 10.6 Å². The molecule has 0 atom stereocenters. The van der Waals surface area contributed by atoms with Crippen LogP contribution in [0.25, 0.3) is 0 Å². The average molecular weight is 435 g/mol. The molecule has 0 unspecified atom stereocenters. The molecule has 0 heterocycles. The van der Waals surface area contributed by atoms with Crippen LogP contribution in [0.5, 0.6) is 5.75 Å². The molecule has 166 valence electrons. The van der Waals surface area contributed by atoms with Gasteiger partial charge in [-0.2, -0.15) is 0 Å². The molecule has 0 radical (unpaired) electrons. The lowest BCUT2D eigenvalue weighted by Crippen LogP contribution is -2.37. The SMILES string of the molecule is COc1ccc(C(=O)NCCCN(C(=O)Nc2ccc(C)cc2)c2ccc(F)cc2)cc1.